The highest BCUT2D eigenvalue weighted by Crippen LogP contribution is 2.22. The Morgan fingerprint density at radius 3 is 2.42 bits per heavy atom. The van der Waals surface area contributed by atoms with Crippen molar-refractivity contribution in [3.05, 3.63) is 24.3 Å². The van der Waals surface area contributed by atoms with Crippen LogP contribution >= 0.6 is 0 Å². The lowest BCUT2D eigenvalue weighted by Gasteiger charge is -2.20. The van der Waals surface area contributed by atoms with E-state index < -0.39 is 10.0 Å². The summed E-state index contributed by atoms with van der Waals surface area (Å²) in [6, 6.07) is 7.79. The molecule has 0 bridgehead atoms. The van der Waals surface area contributed by atoms with Gasteiger partial charge in [0.25, 0.3) is 0 Å². The zero-order valence-electron chi connectivity index (χ0n) is 15.6. The van der Waals surface area contributed by atoms with Crippen molar-refractivity contribution in [2.45, 2.75) is 25.7 Å². The molecule has 1 saturated heterocycles. The lowest BCUT2D eigenvalue weighted by atomic mass is 10.2. The summed E-state index contributed by atoms with van der Waals surface area (Å²) < 4.78 is 29.9. The zero-order chi connectivity index (χ0) is 19.0. The molecule has 0 atom stereocenters. The maximum Gasteiger partial charge on any atom is 0.225 e. The highest BCUT2D eigenvalue weighted by atomic mass is 32.2. The normalized spacial score (nSPS) is 14.8. The van der Waals surface area contributed by atoms with E-state index in [-0.39, 0.29) is 18.9 Å². The molecule has 1 aromatic rings. The maximum atomic E-state index is 12.1. The summed E-state index contributed by atoms with van der Waals surface area (Å²) in [5, 5.41) is 2.83. The minimum absolute atomic E-state index is 0.119. The molecule has 0 saturated carbocycles. The molecule has 0 unspecified atom stereocenters. The number of nitrogens with one attached hydrogen (secondary N) is 1. The number of anilines is 2. The Morgan fingerprint density at radius 1 is 1.19 bits per heavy atom. The van der Waals surface area contributed by atoms with Gasteiger partial charge in [-0.15, -0.1) is 0 Å². The van der Waals surface area contributed by atoms with Crippen LogP contribution in [0.2, 0.25) is 0 Å². The van der Waals surface area contributed by atoms with Gasteiger partial charge < -0.3 is 15.0 Å². The predicted molar refractivity (Wildman–Crippen MR) is 104 cm³/mol. The number of carbonyl (C=O) groups is 1. The fourth-order valence-electron chi connectivity index (χ4n) is 3.01. The van der Waals surface area contributed by atoms with Crippen LogP contribution in [0.25, 0.3) is 0 Å². The van der Waals surface area contributed by atoms with E-state index in [1.165, 1.54) is 22.8 Å². The van der Waals surface area contributed by atoms with Gasteiger partial charge in [0.15, 0.2) is 0 Å². The van der Waals surface area contributed by atoms with Crippen LogP contribution in [0.3, 0.4) is 0 Å². The van der Waals surface area contributed by atoms with Crippen LogP contribution in [-0.4, -0.2) is 64.8 Å². The van der Waals surface area contributed by atoms with E-state index in [9.17, 15) is 13.2 Å². The van der Waals surface area contributed by atoms with Gasteiger partial charge >= 0.3 is 0 Å². The van der Waals surface area contributed by atoms with E-state index in [0.717, 1.165) is 25.0 Å². The molecule has 2 rings (SSSR count). The second-order valence-corrected chi connectivity index (χ2v) is 8.53. The number of methoxy groups -OCH3 is 1. The number of rotatable bonds is 10. The summed E-state index contributed by atoms with van der Waals surface area (Å²) in [7, 11) is -1.76. The van der Waals surface area contributed by atoms with E-state index in [1.807, 2.05) is 24.3 Å². The minimum atomic E-state index is -3.34. The van der Waals surface area contributed by atoms with Crippen LogP contribution in [0.1, 0.15) is 25.7 Å². The molecule has 0 aromatic heterocycles. The maximum absolute atomic E-state index is 12.1. The molecule has 8 heteroatoms. The van der Waals surface area contributed by atoms with E-state index in [1.54, 1.807) is 7.11 Å². The first-order valence-corrected chi connectivity index (χ1v) is 10.8. The number of nitrogens with zero attached hydrogens (tertiary/aromatic N) is 2. The van der Waals surface area contributed by atoms with Gasteiger partial charge in [-0.1, -0.05) is 0 Å². The molecule has 1 aliphatic heterocycles. The first-order chi connectivity index (χ1) is 12.4. The van der Waals surface area contributed by atoms with Crippen molar-refractivity contribution in [1.82, 2.24) is 4.31 Å². The molecule has 1 heterocycles. The van der Waals surface area contributed by atoms with Gasteiger partial charge in [0.2, 0.25) is 15.9 Å². The summed E-state index contributed by atoms with van der Waals surface area (Å²) in [5.41, 5.74) is 1.89. The Labute approximate surface area is 156 Å². The summed E-state index contributed by atoms with van der Waals surface area (Å²) >= 11 is 0. The second-order valence-electron chi connectivity index (χ2n) is 6.55. The molecule has 0 spiro atoms. The monoisotopic (exact) mass is 383 g/mol. The average Bonchev–Trinajstić information content (AvgIpc) is 3.12. The second kappa shape index (κ2) is 9.89. The molecule has 1 N–H and O–H groups in total. The molecule has 0 radical (unpaired) electrons. The van der Waals surface area contributed by atoms with E-state index >= 15 is 0 Å². The van der Waals surface area contributed by atoms with Crippen molar-refractivity contribution < 1.29 is 17.9 Å². The zero-order valence-corrected chi connectivity index (χ0v) is 16.4. The lowest BCUT2D eigenvalue weighted by molar-refractivity contribution is -0.116. The minimum Gasteiger partial charge on any atom is -0.385 e. The number of hydrogen-bond donors (Lipinski definition) is 1. The quantitative estimate of drug-likeness (QED) is 0.625. The first kappa shape index (κ1) is 20.7. The molecule has 1 aliphatic rings. The van der Waals surface area contributed by atoms with Crippen molar-refractivity contribution in [3.63, 3.8) is 0 Å². The Morgan fingerprint density at radius 2 is 1.85 bits per heavy atom. The van der Waals surface area contributed by atoms with Crippen molar-refractivity contribution >= 4 is 27.3 Å². The van der Waals surface area contributed by atoms with Gasteiger partial charge in [-0.3, -0.25) is 4.79 Å². The lowest BCUT2D eigenvalue weighted by Crippen LogP contribution is -2.34. The van der Waals surface area contributed by atoms with Crippen molar-refractivity contribution in [2.24, 2.45) is 0 Å². The van der Waals surface area contributed by atoms with Gasteiger partial charge in [0.1, 0.15) is 0 Å². The molecular formula is C18H29N3O4S. The SMILES string of the molecule is COCCCN(CCC(=O)Nc1ccc(N2CCCC2)cc1)S(C)(=O)=O. The Hall–Kier alpha value is -1.64. The summed E-state index contributed by atoms with van der Waals surface area (Å²) in [4.78, 5) is 14.5. The Balaban J connectivity index is 1.82. The molecule has 7 nitrogen and oxygen atoms in total. The topological polar surface area (TPSA) is 79.0 Å². The fraction of sp³-hybridized carbons (Fsp3) is 0.611. The van der Waals surface area contributed by atoms with E-state index in [0.29, 0.717) is 19.6 Å². The molecule has 0 aliphatic carbocycles. The number of benzene rings is 1. The van der Waals surface area contributed by atoms with Crippen molar-refractivity contribution in [1.29, 1.82) is 0 Å². The fourth-order valence-corrected chi connectivity index (χ4v) is 3.89. The largest absolute Gasteiger partial charge is 0.385 e. The Kier molecular flexibility index (Phi) is 7.86. The molecule has 146 valence electrons. The molecule has 1 fully saturated rings. The molecule has 1 aromatic carbocycles. The van der Waals surface area contributed by atoms with E-state index in [4.69, 9.17) is 4.74 Å². The smallest absolute Gasteiger partial charge is 0.225 e. The van der Waals surface area contributed by atoms with Crippen LogP contribution in [0, 0.1) is 0 Å². The van der Waals surface area contributed by atoms with Crippen LogP contribution < -0.4 is 10.2 Å². The average molecular weight is 384 g/mol. The highest BCUT2D eigenvalue weighted by molar-refractivity contribution is 7.88. The van der Waals surface area contributed by atoms with Gasteiger partial charge in [-0.25, -0.2) is 12.7 Å². The summed E-state index contributed by atoms with van der Waals surface area (Å²) in [5.74, 6) is -0.195. The molecular weight excluding hydrogens is 354 g/mol. The van der Waals surface area contributed by atoms with Crippen LogP contribution in [0.15, 0.2) is 24.3 Å². The number of carbonyl (C=O) groups excluding carboxylic acids is 1. The molecule has 26 heavy (non-hydrogen) atoms. The predicted octanol–water partition coefficient (Wildman–Crippen LogP) is 1.91. The highest BCUT2D eigenvalue weighted by Gasteiger charge is 2.17. The third-order valence-electron chi connectivity index (χ3n) is 4.44. The number of amides is 1. The van der Waals surface area contributed by atoms with Crippen LogP contribution in [0.5, 0.6) is 0 Å². The van der Waals surface area contributed by atoms with Gasteiger partial charge in [-0.05, 0) is 43.5 Å². The van der Waals surface area contributed by atoms with Crippen molar-refractivity contribution in [2.75, 3.05) is 56.4 Å². The first-order valence-electron chi connectivity index (χ1n) is 8.99. The van der Waals surface area contributed by atoms with Gasteiger partial charge in [-0.2, -0.15) is 0 Å². The molecule has 1 amide bonds. The standard InChI is InChI=1S/C18H29N3O4S/c1-25-15-5-13-21(26(2,23)24)14-10-18(22)19-16-6-8-17(9-7-16)20-11-3-4-12-20/h6-9H,3-5,10-15H2,1-2H3,(H,19,22). The number of sulfonamides is 1. The third kappa shape index (κ3) is 6.59. The van der Waals surface area contributed by atoms with Crippen LogP contribution in [-0.2, 0) is 19.6 Å². The van der Waals surface area contributed by atoms with E-state index in [2.05, 4.69) is 10.2 Å². The van der Waals surface area contributed by atoms with Gasteiger partial charge in [0, 0.05) is 57.7 Å². The van der Waals surface area contributed by atoms with Crippen molar-refractivity contribution in [3.8, 4) is 0 Å². The summed E-state index contributed by atoms with van der Waals surface area (Å²) in [6.45, 7) is 3.17. The third-order valence-corrected chi connectivity index (χ3v) is 5.74. The number of ether oxygens (including phenoxy) is 1. The van der Waals surface area contributed by atoms with Gasteiger partial charge in [0.05, 0.1) is 6.26 Å². The summed E-state index contributed by atoms with van der Waals surface area (Å²) in [6.07, 6.45) is 4.32. The number of hydrogen-bond acceptors (Lipinski definition) is 5. The van der Waals surface area contributed by atoms with Crippen LogP contribution in [0.4, 0.5) is 11.4 Å². The Bertz CT molecular complexity index is 670.